The molecule has 4 aromatic rings. The van der Waals surface area contributed by atoms with Gasteiger partial charge in [-0.05, 0) is 22.8 Å². The molecule has 1 N–H and O–H groups in total. The van der Waals surface area contributed by atoms with Gasteiger partial charge in [0.15, 0.2) is 5.82 Å². The fourth-order valence-corrected chi connectivity index (χ4v) is 5.01. The van der Waals surface area contributed by atoms with Crippen LogP contribution in [0.1, 0.15) is 11.1 Å². The Morgan fingerprint density at radius 3 is 2.28 bits per heavy atom. The van der Waals surface area contributed by atoms with Crippen LogP contribution >= 0.6 is 0 Å². The van der Waals surface area contributed by atoms with Crippen LogP contribution in [0.25, 0.3) is 11.1 Å². The van der Waals surface area contributed by atoms with Gasteiger partial charge in [-0.25, -0.2) is 13.2 Å². The number of ether oxygens (including phenoxy) is 1. The molecule has 0 bridgehead atoms. The summed E-state index contributed by atoms with van der Waals surface area (Å²) in [5.74, 6) is 0.965. The highest BCUT2D eigenvalue weighted by atomic mass is 32.2. The number of anilines is 1. The molecule has 1 fully saturated rings. The van der Waals surface area contributed by atoms with Crippen molar-refractivity contribution in [2.75, 3.05) is 37.2 Å². The van der Waals surface area contributed by atoms with E-state index >= 15 is 0 Å². The smallest absolute Gasteiger partial charge is 0.344 e. The lowest BCUT2D eigenvalue weighted by molar-refractivity contribution is 0.133. The highest BCUT2D eigenvalue weighted by Crippen LogP contribution is 2.29. The molecule has 1 aromatic heterocycles. The number of nitrogens with one attached hydrogen (secondary N) is 1. The van der Waals surface area contributed by atoms with Crippen LogP contribution in [0.4, 0.5) is 10.6 Å². The third-order valence-corrected chi connectivity index (χ3v) is 7.10. The average Bonchev–Trinajstić information content (AvgIpc) is 3.40. The largest absolute Gasteiger partial charge is 0.489 e. The molecule has 1 aliphatic heterocycles. The van der Waals surface area contributed by atoms with Crippen molar-refractivity contribution in [3.8, 4) is 16.9 Å². The minimum absolute atomic E-state index is 0.117. The van der Waals surface area contributed by atoms with E-state index < -0.39 is 10.0 Å². The Labute approximate surface area is 228 Å². The lowest BCUT2D eigenvalue weighted by Crippen LogP contribution is -2.49. The maximum atomic E-state index is 12.9. The van der Waals surface area contributed by atoms with Crippen LogP contribution in [-0.2, 0) is 23.2 Å². The molecule has 3 aromatic carbocycles. The maximum absolute atomic E-state index is 12.9. The number of amides is 1. The van der Waals surface area contributed by atoms with E-state index in [1.54, 1.807) is 4.90 Å². The zero-order chi connectivity index (χ0) is 27.2. The number of rotatable bonds is 8. The molecule has 39 heavy (non-hydrogen) atoms. The number of piperazine rings is 1. The first-order chi connectivity index (χ1) is 18.8. The van der Waals surface area contributed by atoms with Crippen molar-refractivity contribution in [2.24, 2.45) is 0 Å². The molecule has 0 radical (unpaired) electrons. The van der Waals surface area contributed by atoms with Crippen LogP contribution in [0.5, 0.6) is 5.75 Å². The molecule has 202 valence electrons. The Hall–Kier alpha value is -4.15. The topological polar surface area (TPSA) is 96.8 Å². The van der Waals surface area contributed by atoms with Gasteiger partial charge in [0.2, 0.25) is 10.0 Å². The lowest BCUT2D eigenvalue weighted by atomic mass is 10.0. The van der Waals surface area contributed by atoms with Crippen molar-refractivity contribution in [3.05, 3.63) is 102 Å². The molecule has 1 aliphatic rings. The van der Waals surface area contributed by atoms with Gasteiger partial charge < -0.3 is 9.64 Å². The number of carbonyl (C=O) groups excluding carboxylic acids is 1. The predicted molar refractivity (Wildman–Crippen MR) is 151 cm³/mol. The number of sulfonamides is 1. The summed E-state index contributed by atoms with van der Waals surface area (Å²) in [6, 6.07) is 27.9. The van der Waals surface area contributed by atoms with Gasteiger partial charge in [0, 0.05) is 50.6 Å². The van der Waals surface area contributed by atoms with Gasteiger partial charge in [-0.3, -0.25) is 9.62 Å². The van der Waals surface area contributed by atoms with Crippen molar-refractivity contribution in [3.63, 3.8) is 0 Å². The minimum atomic E-state index is -3.46. The SMILES string of the molecule is CS(=O)(=O)Nc1ccn(C(=O)N2CCN(Cc3ccc(-c4ccccc4)cc3OCc3ccccc3)CC2)n1. The van der Waals surface area contributed by atoms with Gasteiger partial charge in [-0.1, -0.05) is 72.8 Å². The second-order valence-corrected chi connectivity index (χ2v) is 11.3. The Morgan fingerprint density at radius 2 is 1.59 bits per heavy atom. The first kappa shape index (κ1) is 26.5. The predicted octanol–water partition coefficient (Wildman–Crippen LogP) is 4.29. The highest BCUT2D eigenvalue weighted by molar-refractivity contribution is 7.92. The van der Waals surface area contributed by atoms with Crippen LogP contribution in [0.2, 0.25) is 0 Å². The van der Waals surface area contributed by atoms with Crippen LogP contribution in [-0.4, -0.2) is 66.5 Å². The van der Waals surface area contributed by atoms with Gasteiger partial charge in [0.05, 0.1) is 6.26 Å². The van der Waals surface area contributed by atoms with E-state index in [4.69, 9.17) is 4.74 Å². The van der Waals surface area contributed by atoms with E-state index in [0.717, 1.165) is 34.3 Å². The quantitative estimate of drug-likeness (QED) is 0.355. The van der Waals surface area contributed by atoms with Gasteiger partial charge in [0.1, 0.15) is 12.4 Å². The van der Waals surface area contributed by atoms with Crippen molar-refractivity contribution in [1.82, 2.24) is 19.6 Å². The van der Waals surface area contributed by atoms with Crippen molar-refractivity contribution >= 4 is 21.9 Å². The number of hydrogen-bond acceptors (Lipinski definition) is 6. The van der Waals surface area contributed by atoms with E-state index in [-0.39, 0.29) is 11.8 Å². The van der Waals surface area contributed by atoms with Crippen LogP contribution in [0.15, 0.2) is 91.1 Å². The third-order valence-electron chi connectivity index (χ3n) is 6.52. The second kappa shape index (κ2) is 11.7. The molecule has 0 saturated carbocycles. The Balaban J connectivity index is 1.25. The summed E-state index contributed by atoms with van der Waals surface area (Å²) in [6.45, 7) is 3.64. The van der Waals surface area contributed by atoms with Gasteiger partial charge in [0.25, 0.3) is 0 Å². The molecular formula is C29H31N5O4S. The highest BCUT2D eigenvalue weighted by Gasteiger charge is 2.24. The lowest BCUT2D eigenvalue weighted by Gasteiger charge is -2.34. The fourth-order valence-electron chi connectivity index (χ4n) is 4.52. The molecule has 10 heteroatoms. The van der Waals surface area contributed by atoms with E-state index in [2.05, 4.69) is 57.2 Å². The minimum Gasteiger partial charge on any atom is -0.489 e. The Bertz CT molecular complexity index is 1520. The average molecular weight is 546 g/mol. The number of carbonyl (C=O) groups is 1. The number of nitrogens with zero attached hydrogens (tertiary/aromatic N) is 4. The van der Waals surface area contributed by atoms with Gasteiger partial charge >= 0.3 is 6.03 Å². The Kier molecular flexibility index (Phi) is 7.94. The molecule has 0 spiro atoms. The van der Waals surface area contributed by atoms with Crippen LogP contribution < -0.4 is 9.46 Å². The van der Waals surface area contributed by atoms with Crippen LogP contribution in [0, 0.1) is 0 Å². The zero-order valence-electron chi connectivity index (χ0n) is 21.7. The van der Waals surface area contributed by atoms with Gasteiger partial charge in [-0.2, -0.15) is 4.68 Å². The first-order valence-electron chi connectivity index (χ1n) is 12.7. The van der Waals surface area contributed by atoms with Gasteiger partial charge in [-0.15, -0.1) is 5.10 Å². The second-order valence-electron chi connectivity index (χ2n) is 9.53. The zero-order valence-corrected chi connectivity index (χ0v) is 22.5. The molecular weight excluding hydrogens is 514 g/mol. The molecule has 1 amide bonds. The number of aromatic nitrogens is 2. The van der Waals surface area contributed by atoms with E-state index in [0.29, 0.717) is 39.3 Å². The third kappa shape index (κ3) is 7.04. The normalized spacial score (nSPS) is 14.2. The van der Waals surface area contributed by atoms with Crippen LogP contribution in [0.3, 0.4) is 0 Å². The maximum Gasteiger partial charge on any atom is 0.344 e. The molecule has 5 rings (SSSR count). The van der Waals surface area contributed by atoms with E-state index in [1.165, 1.54) is 16.9 Å². The molecule has 9 nitrogen and oxygen atoms in total. The Morgan fingerprint density at radius 1 is 0.897 bits per heavy atom. The van der Waals surface area contributed by atoms with Crippen molar-refractivity contribution < 1.29 is 17.9 Å². The monoisotopic (exact) mass is 545 g/mol. The molecule has 0 aliphatic carbocycles. The summed E-state index contributed by atoms with van der Waals surface area (Å²) in [5, 5.41) is 4.05. The summed E-state index contributed by atoms with van der Waals surface area (Å²) in [7, 11) is -3.46. The summed E-state index contributed by atoms with van der Waals surface area (Å²) in [6.07, 6.45) is 2.51. The van der Waals surface area contributed by atoms with E-state index in [1.807, 2.05) is 36.4 Å². The first-order valence-corrected chi connectivity index (χ1v) is 14.6. The summed E-state index contributed by atoms with van der Waals surface area (Å²) >= 11 is 0. The number of benzene rings is 3. The molecule has 1 saturated heterocycles. The summed E-state index contributed by atoms with van der Waals surface area (Å²) < 4.78 is 32.6. The fraction of sp³-hybridized carbons (Fsp3) is 0.241. The van der Waals surface area contributed by atoms with Crippen molar-refractivity contribution in [2.45, 2.75) is 13.2 Å². The molecule has 0 atom stereocenters. The summed E-state index contributed by atoms with van der Waals surface area (Å²) in [5.41, 5.74) is 4.43. The molecule has 2 heterocycles. The van der Waals surface area contributed by atoms with E-state index in [9.17, 15) is 13.2 Å². The molecule has 0 unspecified atom stereocenters. The number of hydrogen-bond donors (Lipinski definition) is 1. The summed E-state index contributed by atoms with van der Waals surface area (Å²) in [4.78, 5) is 16.9. The standard InChI is InChI=1S/C29H31N5O4S/c1-39(36,37)31-28-14-15-34(30-28)29(35)33-18-16-32(17-19-33)21-26-13-12-25(24-10-6-3-7-11-24)20-27(26)38-22-23-8-4-2-5-9-23/h2-15,20H,16-19,21-22H2,1H3,(H,30,31). The van der Waals surface area contributed by atoms with Crippen molar-refractivity contribution in [1.29, 1.82) is 0 Å².